The van der Waals surface area contributed by atoms with Gasteiger partial charge in [0.1, 0.15) is 16.2 Å². The molecule has 0 bridgehead atoms. The molecule has 3 aromatic heterocycles. The first-order chi connectivity index (χ1) is 14.8. The van der Waals surface area contributed by atoms with Crippen LogP contribution in [0.15, 0.2) is 20.7 Å². The van der Waals surface area contributed by atoms with E-state index in [1.165, 1.54) is 17.7 Å². The van der Waals surface area contributed by atoms with Crippen LogP contribution in [0.25, 0.3) is 11.0 Å². The van der Waals surface area contributed by atoms with E-state index in [0.29, 0.717) is 21.6 Å². The minimum atomic E-state index is -0.524. The van der Waals surface area contributed by atoms with Gasteiger partial charge in [0.2, 0.25) is 5.91 Å². The molecule has 3 aromatic rings. The zero-order valence-electron chi connectivity index (χ0n) is 18.4. The summed E-state index contributed by atoms with van der Waals surface area (Å²) in [6.45, 7) is 7.46. The average Bonchev–Trinajstić information content (AvgIpc) is 2.71. The minimum Gasteiger partial charge on any atom is -0.309 e. The molecule has 0 aliphatic carbocycles. The second kappa shape index (κ2) is 8.84. The van der Waals surface area contributed by atoms with Gasteiger partial charge in [0.25, 0.3) is 5.56 Å². The number of fused-ring (bicyclic) bond motifs is 1. The van der Waals surface area contributed by atoms with Crippen molar-refractivity contribution in [3.63, 3.8) is 0 Å². The van der Waals surface area contributed by atoms with E-state index in [-0.39, 0.29) is 27.6 Å². The molecule has 12 heteroatoms. The van der Waals surface area contributed by atoms with E-state index in [9.17, 15) is 14.4 Å². The van der Waals surface area contributed by atoms with Gasteiger partial charge in [-0.1, -0.05) is 55.7 Å². The highest BCUT2D eigenvalue weighted by Crippen LogP contribution is 2.28. The Kier molecular flexibility index (Phi) is 6.69. The van der Waals surface area contributed by atoms with Crippen LogP contribution in [0.3, 0.4) is 0 Å². The van der Waals surface area contributed by atoms with E-state index in [2.05, 4.69) is 20.3 Å². The molecule has 32 heavy (non-hydrogen) atoms. The Bertz CT molecular complexity index is 1360. The average molecular weight is 497 g/mol. The topological polar surface area (TPSA) is 112 Å². The van der Waals surface area contributed by atoms with Crippen LogP contribution >= 0.6 is 35.0 Å². The van der Waals surface area contributed by atoms with E-state index >= 15 is 0 Å². The summed E-state index contributed by atoms with van der Waals surface area (Å²) in [4.78, 5) is 51.0. The molecule has 1 N–H and O–H groups in total. The number of amides is 1. The SMILES string of the molecule is Cc1nc(NC(=O)CSc2nc(C(C)(C)C)nc3c2c(=O)n(C)c(=O)n3C)c(Cl)cc1Cl. The summed E-state index contributed by atoms with van der Waals surface area (Å²) in [5.41, 5.74) is -0.710. The third kappa shape index (κ3) is 4.67. The van der Waals surface area contributed by atoms with E-state index in [1.54, 1.807) is 14.0 Å². The number of carbonyl (C=O) groups is 1. The van der Waals surface area contributed by atoms with Crippen LogP contribution in [0.1, 0.15) is 32.3 Å². The highest BCUT2D eigenvalue weighted by Gasteiger charge is 2.24. The van der Waals surface area contributed by atoms with Crippen molar-refractivity contribution >= 4 is 57.7 Å². The quantitative estimate of drug-likeness (QED) is 0.436. The number of nitrogens with one attached hydrogen (secondary N) is 1. The second-order valence-corrected chi connectivity index (χ2v) is 10.0. The molecule has 170 valence electrons. The Balaban J connectivity index is 2.01. The van der Waals surface area contributed by atoms with Crippen LogP contribution < -0.4 is 16.6 Å². The molecule has 0 atom stereocenters. The molecule has 0 fully saturated rings. The van der Waals surface area contributed by atoms with Gasteiger partial charge in [-0.25, -0.2) is 19.7 Å². The van der Waals surface area contributed by atoms with Crippen molar-refractivity contribution in [1.82, 2.24) is 24.1 Å². The lowest BCUT2D eigenvalue weighted by Gasteiger charge is -2.19. The molecular weight excluding hydrogens is 475 g/mol. The van der Waals surface area contributed by atoms with Gasteiger partial charge in [-0.2, -0.15) is 0 Å². The Hall–Kier alpha value is -2.43. The lowest BCUT2D eigenvalue weighted by Crippen LogP contribution is -2.38. The van der Waals surface area contributed by atoms with Crippen molar-refractivity contribution in [2.75, 3.05) is 11.1 Å². The highest BCUT2D eigenvalue weighted by atomic mass is 35.5. The zero-order valence-corrected chi connectivity index (χ0v) is 20.7. The van der Waals surface area contributed by atoms with Crippen molar-refractivity contribution in [3.05, 3.63) is 48.5 Å². The Labute approximate surface area is 198 Å². The number of rotatable bonds is 4. The number of nitrogens with zero attached hydrogens (tertiary/aromatic N) is 5. The van der Waals surface area contributed by atoms with Gasteiger partial charge in [-0.3, -0.25) is 18.7 Å². The molecule has 3 rings (SSSR count). The number of aromatic nitrogens is 5. The summed E-state index contributed by atoms with van der Waals surface area (Å²) >= 11 is 13.2. The first-order valence-corrected chi connectivity index (χ1v) is 11.3. The number of pyridine rings is 1. The Morgan fingerprint density at radius 3 is 2.38 bits per heavy atom. The standard InChI is InChI=1S/C20H22Cl2N6O3S/c1-9-10(21)7-11(22)14(23-9)24-12(29)8-32-16-13-15(25-18(26-16)20(2,3)4)27(5)19(31)28(6)17(13)30/h7H,8H2,1-6H3,(H,23,24,29). The number of aryl methyl sites for hydroxylation is 2. The fraction of sp³-hybridized carbons (Fsp3) is 0.400. The molecule has 0 aliphatic rings. The number of hydrogen-bond donors (Lipinski definition) is 1. The fourth-order valence-corrected chi connectivity index (χ4v) is 4.04. The summed E-state index contributed by atoms with van der Waals surface area (Å²) in [5, 5.41) is 3.75. The normalized spacial score (nSPS) is 11.8. The van der Waals surface area contributed by atoms with Crippen LogP contribution in [0.4, 0.5) is 5.82 Å². The molecule has 0 spiro atoms. The van der Waals surface area contributed by atoms with Crippen molar-refractivity contribution in [1.29, 1.82) is 0 Å². The number of halogens is 2. The number of carbonyl (C=O) groups excluding carboxylic acids is 1. The molecule has 0 aliphatic heterocycles. The maximum absolute atomic E-state index is 12.8. The van der Waals surface area contributed by atoms with Gasteiger partial charge in [-0.05, 0) is 13.0 Å². The first kappa shape index (κ1) is 24.2. The van der Waals surface area contributed by atoms with Crippen LogP contribution in [-0.2, 0) is 24.3 Å². The predicted octanol–water partition coefficient (Wildman–Crippen LogP) is 3.07. The minimum absolute atomic E-state index is 0.0681. The second-order valence-electron chi connectivity index (χ2n) is 8.23. The van der Waals surface area contributed by atoms with E-state index in [1.807, 2.05) is 20.8 Å². The lowest BCUT2D eigenvalue weighted by molar-refractivity contribution is -0.113. The third-order valence-corrected chi connectivity index (χ3v) is 6.29. The molecule has 0 saturated heterocycles. The van der Waals surface area contributed by atoms with Crippen molar-refractivity contribution < 1.29 is 4.79 Å². The maximum atomic E-state index is 12.8. The van der Waals surface area contributed by atoms with Gasteiger partial charge < -0.3 is 5.32 Å². The van der Waals surface area contributed by atoms with Crippen molar-refractivity contribution in [3.8, 4) is 0 Å². The summed E-state index contributed by atoms with van der Waals surface area (Å²) < 4.78 is 2.30. The highest BCUT2D eigenvalue weighted by molar-refractivity contribution is 8.00. The number of hydrogen-bond acceptors (Lipinski definition) is 7. The summed E-state index contributed by atoms with van der Waals surface area (Å²) in [6.07, 6.45) is 0. The molecule has 0 unspecified atom stereocenters. The fourth-order valence-electron chi connectivity index (χ4n) is 2.82. The largest absolute Gasteiger partial charge is 0.332 e. The smallest absolute Gasteiger partial charge is 0.309 e. The monoisotopic (exact) mass is 496 g/mol. The summed E-state index contributed by atoms with van der Waals surface area (Å²) in [5.74, 6) is 0.188. The molecule has 0 aromatic carbocycles. The number of thioether (sulfide) groups is 1. The van der Waals surface area contributed by atoms with Crippen LogP contribution in [0, 0.1) is 6.92 Å². The molecule has 0 saturated carbocycles. The third-order valence-electron chi connectivity index (χ3n) is 4.64. The van der Waals surface area contributed by atoms with Gasteiger partial charge >= 0.3 is 5.69 Å². The number of anilines is 1. The van der Waals surface area contributed by atoms with Crippen molar-refractivity contribution in [2.45, 2.75) is 38.1 Å². The molecule has 1 amide bonds. The molecule has 0 radical (unpaired) electrons. The molecular formula is C20H22Cl2N6O3S. The van der Waals surface area contributed by atoms with Crippen LogP contribution in [-0.4, -0.2) is 35.7 Å². The van der Waals surface area contributed by atoms with E-state index < -0.39 is 22.6 Å². The Morgan fingerprint density at radius 1 is 1.09 bits per heavy atom. The van der Waals surface area contributed by atoms with Gasteiger partial charge in [0, 0.05) is 19.5 Å². The van der Waals surface area contributed by atoms with Crippen LogP contribution in [0.2, 0.25) is 10.0 Å². The molecule has 3 heterocycles. The first-order valence-electron chi connectivity index (χ1n) is 9.54. The van der Waals surface area contributed by atoms with Gasteiger partial charge in [0.15, 0.2) is 11.5 Å². The van der Waals surface area contributed by atoms with E-state index in [4.69, 9.17) is 23.2 Å². The summed E-state index contributed by atoms with van der Waals surface area (Å²) in [6, 6.07) is 1.51. The maximum Gasteiger partial charge on any atom is 0.332 e. The predicted molar refractivity (Wildman–Crippen MR) is 127 cm³/mol. The van der Waals surface area contributed by atoms with Gasteiger partial charge in [0.05, 0.1) is 21.5 Å². The summed E-state index contributed by atoms with van der Waals surface area (Å²) in [7, 11) is 2.93. The lowest BCUT2D eigenvalue weighted by atomic mass is 9.96. The van der Waals surface area contributed by atoms with Gasteiger partial charge in [-0.15, -0.1) is 0 Å². The molecule has 9 nitrogen and oxygen atoms in total. The van der Waals surface area contributed by atoms with E-state index in [0.717, 1.165) is 16.3 Å². The van der Waals surface area contributed by atoms with Crippen molar-refractivity contribution in [2.24, 2.45) is 14.1 Å². The van der Waals surface area contributed by atoms with Crippen LogP contribution in [0.5, 0.6) is 0 Å². The zero-order chi connectivity index (χ0) is 24.0. The Morgan fingerprint density at radius 2 is 1.75 bits per heavy atom.